The molecule has 1 atom stereocenters. The Morgan fingerprint density at radius 1 is 1.15 bits per heavy atom. The van der Waals surface area contributed by atoms with E-state index in [1.807, 2.05) is 30.3 Å². The number of nitrogens with zero attached hydrogens (tertiary/aromatic N) is 3. The van der Waals surface area contributed by atoms with Gasteiger partial charge in [0.2, 0.25) is 10.0 Å². The van der Waals surface area contributed by atoms with Gasteiger partial charge < -0.3 is 8.94 Å². The zero-order valence-electron chi connectivity index (χ0n) is 13.9. The average molecular weight is 371 g/mol. The monoisotopic (exact) mass is 371 g/mol. The van der Waals surface area contributed by atoms with Crippen molar-refractivity contribution in [2.75, 3.05) is 13.1 Å². The number of hydrogen-bond donors (Lipinski definition) is 0. The van der Waals surface area contributed by atoms with Gasteiger partial charge in [-0.25, -0.2) is 8.42 Å². The third-order valence-electron chi connectivity index (χ3n) is 4.28. The van der Waals surface area contributed by atoms with Crippen LogP contribution in [0.15, 0.2) is 63.1 Å². The molecule has 0 N–H and O–H groups in total. The smallest absolute Gasteiger partial charge is 0.293 e. The first-order chi connectivity index (χ1) is 12.6. The van der Waals surface area contributed by atoms with E-state index in [1.54, 1.807) is 18.2 Å². The Labute approximate surface area is 151 Å². The number of hydrogen-bond acceptors (Lipinski definition) is 6. The minimum atomic E-state index is -3.49. The molecule has 1 saturated heterocycles. The second-order valence-corrected chi connectivity index (χ2v) is 7.86. The Hall–Kier alpha value is -2.71. The molecule has 3 heterocycles. The van der Waals surface area contributed by atoms with Crippen molar-refractivity contribution in [2.24, 2.45) is 0 Å². The summed E-state index contributed by atoms with van der Waals surface area (Å²) in [6, 6.07) is 12.8. The van der Waals surface area contributed by atoms with Crippen LogP contribution in [0, 0.1) is 0 Å². The number of aromatic nitrogens is 2. The summed E-state index contributed by atoms with van der Waals surface area (Å²) in [4.78, 5) is 4.33. The van der Waals surface area contributed by atoms with E-state index in [0.717, 1.165) is 5.56 Å². The molecule has 0 amide bonds. The Kier molecular flexibility index (Phi) is 4.44. The van der Waals surface area contributed by atoms with Gasteiger partial charge in [0.1, 0.15) is 0 Å². The van der Waals surface area contributed by atoms with Crippen LogP contribution >= 0.6 is 0 Å². The van der Waals surface area contributed by atoms with Gasteiger partial charge in [-0.2, -0.15) is 9.29 Å². The van der Waals surface area contributed by atoms with E-state index in [4.69, 9.17) is 8.94 Å². The summed E-state index contributed by atoms with van der Waals surface area (Å²) in [5, 5.41) is 5.22. The van der Waals surface area contributed by atoms with Crippen molar-refractivity contribution >= 4 is 16.1 Å². The SMILES string of the molecule is O=S(=O)(/C=C/c1ccccc1)N1CCC(c2noc(-c3ccco3)n2)C1. The van der Waals surface area contributed by atoms with Crippen LogP contribution in [0.3, 0.4) is 0 Å². The second kappa shape index (κ2) is 6.89. The molecule has 0 spiro atoms. The highest BCUT2D eigenvalue weighted by atomic mass is 32.2. The highest BCUT2D eigenvalue weighted by Gasteiger charge is 2.33. The third kappa shape index (κ3) is 3.47. The zero-order chi connectivity index (χ0) is 18.0. The van der Waals surface area contributed by atoms with E-state index >= 15 is 0 Å². The first kappa shape index (κ1) is 16.7. The minimum Gasteiger partial charge on any atom is -0.459 e. The fraction of sp³-hybridized carbons (Fsp3) is 0.222. The maximum Gasteiger partial charge on any atom is 0.293 e. The lowest BCUT2D eigenvalue weighted by Crippen LogP contribution is -2.26. The van der Waals surface area contributed by atoms with Crippen molar-refractivity contribution in [3.05, 3.63) is 65.5 Å². The van der Waals surface area contributed by atoms with Crippen LogP contribution in [0.2, 0.25) is 0 Å². The summed E-state index contributed by atoms with van der Waals surface area (Å²) in [6.45, 7) is 0.759. The lowest BCUT2D eigenvalue weighted by Gasteiger charge is -2.12. The van der Waals surface area contributed by atoms with Gasteiger partial charge in [0, 0.05) is 24.4 Å². The molecule has 1 unspecified atom stereocenters. The van der Waals surface area contributed by atoms with Gasteiger partial charge in [0.15, 0.2) is 11.6 Å². The fourth-order valence-corrected chi connectivity index (χ4v) is 4.13. The molecule has 4 rings (SSSR count). The Morgan fingerprint density at radius 2 is 2.00 bits per heavy atom. The molecule has 0 saturated carbocycles. The highest BCUT2D eigenvalue weighted by Crippen LogP contribution is 2.29. The van der Waals surface area contributed by atoms with Crippen LogP contribution in [0.5, 0.6) is 0 Å². The maximum absolute atomic E-state index is 12.5. The summed E-state index contributed by atoms with van der Waals surface area (Å²) in [6.07, 6.45) is 3.78. The first-order valence-electron chi connectivity index (χ1n) is 8.22. The van der Waals surface area contributed by atoms with Gasteiger partial charge in [0.25, 0.3) is 5.89 Å². The van der Waals surface area contributed by atoms with Crippen molar-refractivity contribution in [2.45, 2.75) is 12.3 Å². The quantitative estimate of drug-likeness (QED) is 0.684. The van der Waals surface area contributed by atoms with Gasteiger partial charge in [-0.1, -0.05) is 35.5 Å². The number of sulfonamides is 1. The Morgan fingerprint density at radius 3 is 2.77 bits per heavy atom. The van der Waals surface area contributed by atoms with Gasteiger partial charge in [-0.05, 0) is 30.2 Å². The van der Waals surface area contributed by atoms with Crippen LogP contribution in [0.25, 0.3) is 17.7 Å². The molecule has 134 valence electrons. The minimum absolute atomic E-state index is 0.0950. The van der Waals surface area contributed by atoms with E-state index in [9.17, 15) is 8.42 Å². The van der Waals surface area contributed by atoms with Gasteiger partial charge >= 0.3 is 0 Å². The normalized spacial score (nSPS) is 18.7. The highest BCUT2D eigenvalue weighted by molar-refractivity contribution is 7.92. The molecule has 0 radical (unpaired) electrons. The summed E-state index contributed by atoms with van der Waals surface area (Å²) < 4.78 is 37.0. The van der Waals surface area contributed by atoms with Crippen molar-refractivity contribution in [1.29, 1.82) is 0 Å². The molecule has 8 heteroatoms. The molecule has 0 aliphatic carbocycles. The summed E-state index contributed by atoms with van der Waals surface area (Å²) in [7, 11) is -3.49. The predicted octanol–water partition coefficient (Wildman–Crippen LogP) is 3.12. The summed E-state index contributed by atoms with van der Waals surface area (Å²) in [5.41, 5.74) is 0.841. The van der Waals surface area contributed by atoms with E-state index in [0.29, 0.717) is 37.0 Å². The van der Waals surface area contributed by atoms with Crippen LogP contribution in [0.4, 0.5) is 0 Å². The fourth-order valence-electron chi connectivity index (χ4n) is 2.89. The maximum atomic E-state index is 12.5. The predicted molar refractivity (Wildman–Crippen MR) is 95.3 cm³/mol. The Bertz CT molecular complexity index is 994. The molecule has 1 fully saturated rings. The molecular formula is C18H17N3O4S. The van der Waals surface area contributed by atoms with E-state index in [-0.39, 0.29) is 5.92 Å². The average Bonchev–Trinajstić information content (AvgIpc) is 3.41. The topological polar surface area (TPSA) is 89.4 Å². The molecular weight excluding hydrogens is 354 g/mol. The van der Waals surface area contributed by atoms with Crippen LogP contribution in [0.1, 0.15) is 23.7 Å². The summed E-state index contributed by atoms with van der Waals surface area (Å²) >= 11 is 0. The Balaban J connectivity index is 1.45. The largest absolute Gasteiger partial charge is 0.459 e. The third-order valence-corrected chi connectivity index (χ3v) is 5.81. The second-order valence-electron chi connectivity index (χ2n) is 6.04. The van der Waals surface area contributed by atoms with Crippen molar-refractivity contribution < 1.29 is 17.4 Å². The van der Waals surface area contributed by atoms with Gasteiger partial charge in [-0.3, -0.25) is 0 Å². The molecule has 7 nitrogen and oxygen atoms in total. The molecule has 0 bridgehead atoms. The van der Waals surface area contributed by atoms with E-state index in [1.165, 1.54) is 16.0 Å². The molecule has 1 aromatic carbocycles. The standard InChI is InChI=1S/C18H17N3O4S/c22-26(23,12-9-14-5-2-1-3-6-14)21-10-8-15(13-21)17-19-18(25-20-17)16-7-4-11-24-16/h1-7,9,11-12,15H,8,10,13H2/b12-9+. The number of furan rings is 1. The van der Waals surface area contributed by atoms with Crippen molar-refractivity contribution in [3.8, 4) is 11.7 Å². The summed E-state index contributed by atoms with van der Waals surface area (Å²) in [5.74, 6) is 1.20. The molecule has 1 aliphatic heterocycles. The lowest BCUT2D eigenvalue weighted by atomic mass is 10.1. The van der Waals surface area contributed by atoms with Crippen LogP contribution in [-0.2, 0) is 10.0 Å². The first-order valence-corrected chi connectivity index (χ1v) is 9.73. The van der Waals surface area contributed by atoms with E-state index < -0.39 is 10.0 Å². The number of benzene rings is 1. The van der Waals surface area contributed by atoms with E-state index in [2.05, 4.69) is 10.1 Å². The van der Waals surface area contributed by atoms with Crippen molar-refractivity contribution in [1.82, 2.24) is 14.4 Å². The van der Waals surface area contributed by atoms with Crippen LogP contribution in [-0.4, -0.2) is 36.0 Å². The lowest BCUT2D eigenvalue weighted by molar-refractivity contribution is 0.403. The molecule has 1 aliphatic rings. The molecule has 3 aromatic rings. The van der Waals surface area contributed by atoms with Crippen molar-refractivity contribution in [3.63, 3.8) is 0 Å². The zero-order valence-corrected chi connectivity index (χ0v) is 14.7. The van der Waals surface area contributed by atoms with Gasteiger partial charge in [0.05, 0.1) is 6.26 Å². The van der Waals surface area contributed by atoms with Crippen LogP contribution < -0.4 is 0 Å². The molecule has 26 heavy (non-hydrogen) atoms. The van der Waals surface area contributed by atoms with Gasteiger partial charge in [-0.15, -0.1) is 0 Å². The number of rotatable bonds is 5. The molecule has 2 aromatic heterocycles.